The Hall–Kier alpha value is -1.71. The summed E-state index contributed by atoms with van der Waals surface area (Å²) in [5, 5.41) is 0. The Balaban J connectivity index is 1.75. The summed E-state index contributed by atoms with van der Waals surface area (Å²) in [7, 11) is 0. The largest absolute Gasteiger partial charge is 0.369 e. The fourth-order valence-electron chi connectivity index (χ4n) is 3.55. The van der Waals surface area contributed by atoms with Gasteiger partial charge in [-0.3, -0.25) is 4.90 Å². The summed E-state index contributed by atoms with van der Waals surface area (Å²) in [6.07, 6.45) is 1.23. The summed E-state index contributed by atoms with van der Waals surface area (Å²) in [6, 6.07) is 15.4. The Morgan fingerprint density at radius 1 is 1.00 bits per heavy atom. The molecule has 138 valence electrons. The first-order chi connectivity index (χ1) is 12.6. The molecule has 0 N–H and O–H groups in total. The lowest BCUT2D eigenvalue weighted by Crippen LogP contribution is -2.45. The molecule has 1 fully saturated rings. The van der Waals surface area contributed by atoms with Crippen LogP contribution in [0.4, 0.5) is 0 Å². The topological polar surface area (TPSA) is 6.48 Å². The zero-order valence-corrected chi connectivity index (χ0v) is 17.1. The molecule has 2 aromatic carbocycles. The van der Waals surface area contributed by atoms with Gasteiger partial charge in [-0.1, -0.05) is 61.2 Å². The standard InChI is InChI=1S/C23H30N2S/c1-5-12-24-13-15-25(16-14-24)20(4)21-8-6-7-9-23(21)26-22-11-10-18(2)17-19(22)3/h6-11,17H,4-5,12-16H2,1-3H3. The normalized spacial score (nSPS) is 15.3. The van der Waals surface area contributed by atoms with Crippen LogP contribution in [0.25, 0.3) is 5.70 Å². The zero-order valence-electron chi connectivity index (χ0n) is 16.3. The van der Waals surface area contributed by atoms with Gasteiger partial charge in [0.1, 0.15) is 0 Å². The summed E-state index contributed by atoms with van der Waals surface area (Å²) in [5.74, 6) is 0. The van der Waals surface area contributed by atoms with Crippen molar-refractivity contribution in [1.82, 2.24) is 9.80 Å². The highest BCUT2D eigenvalue weighted by molar-refractivity contribution is 7.99. The number of benzene rings is 2. The molecule has 2 nitrogen and oxygen atoms in total. The molecule has 0 amide bonds. The van der Waals surface area contributed by atoms with Gasteiger partial charge in [-0.2, -0.15) is 0 Å². The smallest absolute Gasteiger partial charge is 0.0379 e. The summed E-state index contributed by atoms with van der Waals surface area (Å²) < 4.78 is 0. The van der Waals surface area contributed by atoms with E-state index in [1.54, 1.807) is 0 Å². The van der Waals surface area contributed by atoms with Crippen LogP contribution in [0.1, 0.15) is 30.0 Å². The van der Waals surface area contributed by atoms with Crippen LogP contribution in [-0.2, 0) is 0 Å². The van der Waals surface area contributed by atoms with Gasteiger partial charge in [-0.05, 0) is 44.5 Å². The maximum atomic E-state index is 4.45. The molecule has 26 heavy (non-hydrogen) atoms. The Morgan fingerprint density at radius 2 is 1.73 bits per heavy atom. The van der Waals surface area contributed by atoms with Gasteiger partial charge in [-0.25, -0.2) is 0 Å². The number of hydrogen-bond acceptors (Lipinski definition) is 3. The number of aryl methyl sites for hydroxylation is 2. The molecule has 1 heterocycles. The summed E-state index contributed by atoms with van der Waals surface area (Å²) in [6.45, 7) is 16.7. The van der Waals surface area contributed by atoms with Crippen molar-refractivity contribution in [3.8, 4) is 0 Å². The van der Waals surface area contributed by atoms with Crippen LogP contribution in [0.3, 0.4) is 0 Å². The molecule has 3 rings (SSSR count). The Kier molecular flexibility index (Phi) is 6.44. The quantitative estimate of drug-likeness (QED) is 0.671. The van der Waals surface area contributed by atoms with Crippen molar-refractivity contribution in [3.05, 3.63) is 65.7 Å². The van der Waals surface area contributed by atoms with Crippen LogP contribution in [0.15, 0.2) is 58.8 Å². The van der Waals surface area contributed by atoms with E-state index in [1.165, 1.54) is 39.4 Å². The Morgan fingerprint density at radius 3 is 2.42 bits per heavy atom. The SMILES string of the molecule is C=C(c1ccccc1Sc1ccc(C)cc1C)N1CCN(CCC)CC1. The summed E-state index contributed by atoms with van der Waals surface area (Å²) >= 11 is 1.85. The molecular formula is C23H30N2S. The van der Waals surface area contributed by atoms with E-state index in [2.05, 4.69) is 79.6 Å². The molecule has 1 aliphatic rings. The van der Waals surface area contributed by atoms with Crippen molar-refractivity contribution < 1.29 is 0 Å². The lowest BCUT2D eigenvalue weighted by atomic mass is 10.1. The molecule has 0 bridgehead atoms. The zero-order chi connectivity index (χ0) is 18.5. The molecule has 1 aliphatic heterocycles. The minimum atomic E-state index is 1.07. The van der Waals surface area contributed by atoms with Crippen LogP contribution in [0.2, 0.25) is 0 Å². The second kappa shape index (κ2) is 8.79. The summed E-state index contributed by atoms with van der Waals surface area (Å²) in [4.78, 5) is 7.62. The van der Waals surface area contributed by atoms with Crippen LogP contribution < -0.4 is 0 Å². The van der Waals surface area contributed by atoms with Crippen LogP contribution in [0, 0.1) is 13.8 Å². The van der Waals surface area contributed by atoms with Crippen molar-refractivity contribution in [1.29, 1.82) is 0 Å². The Labute approximate surface area is 162 Å². The van der Waals surface area contributed by atoms with Gasteiger partial charge in [0, 0.05) is 47.2 Å². The predicted molar refractivity (Wildman–Crippen MR) is 114 cm³/mol. The molecule has 3 heteroatoms. The number of piperazine rings is 1. The highest BCUT2D eigenvalue weighted by Gasteiger charge is 2.19. The first kappa shape index (κ1) is 19.1. The van der Waals surface area contributed by atoms with Crippen LogP contribution in [0.5, 0.6) is 0 Å². The third kappa shape index (κ3) is 4.52. The molecule has 0 saturated carbocycles. The maximum Gasteiger partial charge on any atom is 0.0379 e. The fourth-order valence-corrected chi connectivity index (χ4v) is 4.59. The second-order valence-corrected chi connectivity index (χ2v) is 8.23. The van der Waals surface area contributed by atoms with Crippen molar-refractivity contribution in [2.75, 3.05) is 32.7 Å². The minimum absolute atomic E-state index is 1.07. The molecule has 0 aliphatic carbocycles. The third-order valence-electron chi connectivity index (χ3n) is 5.04. The van der Waals surface area contributed by atoms with Gasteiger partial charge in [0.05, 0.1) is 0 Å². The van der Waals surface area contributed by atoms with Gasteiger partial charge >= 0.3 is 0 Å². The van der Waals surface area contributed by atoms with Gasteiger partial charge in [0.25, 0.3) is 0 Å². The lowest BCUT2D eigenvalue weighted by Gasteiger charge is -2.37. The van der Waals surface area contributed by atoms with Crippen molar-refractivity contribution in [3.63, 3.8) is 0 Å². The summed E-state index contributed by atoms with van der Waals surface area (Å²) in [5.41, 5.74) is 5.08. The first-order valence-corrected chi connectivity index (χ1v) is 10.4. The van der Waals surface area contributed by atoms with Crippen LogP contribution >= 0.6 is 11.8 Å². The molecule has 1 saturated heterocycles. The third-order valence-corrected chi connectivity index (χ3v) is 6.30. The van der Waals surface area contributed by atoms with E-state index >= 15 is 0 Å². The van der Waals surface area contributed by atoms with E-state index < -0.39 is 0 Å². The molecule has 0 unspecified atom stereocenters. The highest BCUT2D eigenvalue weighted by Crippen LogP contribution is 2.36. The predicted octanol–water partition coefficient (Wildman–Crippen LogP) is 5.45. The van der Waals surface area contributed by atoms with E-state index in [0.29, 0.717) is 0 Å². The maximum absolute atomic E-state index is 4.45. The first-order valence-electron chi connectivity index (χ1n) is 9.59. The minimum Gasteiger partial charge on any atom is -0.369 e. The second-order valence-electron chi connectivity index (χ2n) is 7.14. The van der Waals surface area contributed by atoms with E-state index in [1.807, 2.05) is 11.8 Å². The molecule has 2 aromatic rings. The number of hydrogen-bond donors (Lipinski definition) is 0. The fraction of sp³-hybridized carbons (Fsp3) is 0.391. The van der Waals surface area contributed by atoms with Crippen LogP contribution in [-0.4, -0.2) is 42.5 Å². The number of rotatable bonds is 6. The van der Waals surface area contributed by atoms with Crippen molar-refractivity contribution in [2.24, 2.45) is 0 Å². The Bertz CT molecular complexity index is 761. The van der Waals surface area contributed by atoms with E-state index in [0.717, 1.165) is 31.9 Å². The van der Waals surface area contributed by atoms with E-state index in [9.17, 15) is 0 Å². The van der Waals surface area contributed by atoms with Gasteiger partial charge in [0.2, 0.25) is 0 Å². The molecular weight excluding hydrogens is 336 g/mol. The van der Waals surface area contributed by atoms with E-state index in [-0.39, 0.29) is 0 Å². The van der Waals surface area contributed by atoms with E-state index in [4.69, 9.17) is 0 Å². The average molecular weight is 367 g/mol. The molecule has 0 spiro atoms. The molecule has 0 radical (unpaired) electrons. The monoisotopic (exact) mass is 366 g/mol. The molecule has 0 atom stereocenters. The average Bonchev–Trinajstić information content (AvgIpc) is 2.65. The molecule has 0 aromatic heterocycles. The van der Waals surface area contributed by atoms with Crippen molar-refractivity contribution >= 4 is 17.5 Å². The highest BCUT2D eigenvalue weighted by atomic mass is 32.2. The van der Waals surface area contributed by atoms with Gasteiger partial charge in [-0.15, -0.1) is 0 Å². The number of nitrogens with zero attached hydrogens (tertiary/aromatic N) is 2. The van der Waals surface area contributed by atoms with Crippen molar-refractivity contribution in [2.45, 2.75) is 37.0 Å². The van der Waals surface area contributed by atoms with Gasteiger partial charge in [0.15, 0.2) is 0 Å². The van der Waals surface area contributed by atoms with Gasteiger partial charge < -0.3 is 4.90 Å². The lowest BCUT2D eigenvalue weighted by molar-refractivity contribution is 0.176.